The van der Waals surface area contributed by atoms with Gasteiger partial charge in [-0.1, -0.05) is 148 Å². The van der Waals surface area contributed by atoms with E-state index < -0.39 is 63.8 Å². The number of carboxylic acids is 1. The summed E-state index contributed by atoms with van der Waals surface area (Å²) in [5, 5.41) is 18.7. The number of hydrogen-bond donors (Lipinski definition) is 4. The zero-order valence-electron chi connectivity index (χ0n) is 36.6. The second kappa shape index (κ2) is 41.2. The highest BCUT2D eigenvalue weighted by atomic mass is 31.2. The Labute approximate surface area is 365 Å². The molecule has 0 bridgehead atoms. The molecule has 0 aliphatic heterocycles. The third-order valence-electron chi connectivity index (χ3n) is 8.29. The van der Waals surface area contributed by atoms with Gasteiger partial charge in [0, 0.05) is 12.8 Å². The first-order chi connectivity index (χ1) is 29.5. The van der Waals surface area contributed by atoms with Crippen molar-refractivity contribution >= 4 is 25.7 Å². The van der Waals surface area contributed by atoms with Crippen molar-refractivity contribution in [1.29, 1.82) is 0 Å². The van der Waals surface area contributed by atoms with Crippen LogP contribution in [0.4, 0.5) is 0 Å². The molecule has 0 aromatic heterocycles. The molecule has 12 nitrogen and oxygen atoms in total. The van der Waals surface area contributed by atoms with Gasteiger partial charge in [0.1, 0.15) is 12.6 Å². The fourth-order valence-electron chi connectivity index (χ4n) is 4.87. The van der Waals surface area contributed by atoms with Crippen molar-refractivity contribution in [3.63, 3.8) is 0 Å². The number of phosphoric ester groups is 1. The van der Waals surface area contributed by atoms with E-state index in [1.54, 1.807) is 6.08 Å². The molecule has 4 atom stereocenters. The molecule has 0 radical (unpaired) electrons. The molecule has 13 heteroatoms. The predicted molar refractivity (Wildman–Crippen MR) is 245 cm³/mol. The Bertz CT molecular complexity index is 1510. The number of rotatable bonds is 38. The fourth-order valence-corrected chi connectivity index (χ4v) is 5.65. The lowest BCUT2D eigenvalue weighted by Crippen LogP contribution is -2.34. The van der Waals surface area contributed by atoms with Gasteiger partial charge in [0.05, 0.1) is 19.3 Å². The number of phosphoric acid groups is 1. The molecule has 0 saturated heterocycles. The number of ether oxygens (including phenoxy) is 2. The molecule has 2 unspecified atom stereocenters. The van der Waals surface area contributed by atoms with E-state index in [0.717, 1.165) is 44.9 Å². The summed E-state index contributed by atoms with van der Waals surface area (Å²) in [4.78, 5) is 45.9. The average molecular weight is 872 g/mol. The number of carboxylic acid groups (broad SMARTS) is 1. The van der Waals surface area contributed by atoms with Crippen molar-refractivity contribution in [2.24, 2.45) is 5.73 Å². The largest absolute Gasteiger partial charge is 0.480 e. The Morgan fingerprint density at radius 2 is 1.13 bits per heavy atom. The minimum Gasteiger partial charge on any atom is -0.480 e. The van der Waals surface area contributed by atoms with Crippen molar-refractivity contribution < 1.29 is 52.6 Å². The van der Waals surface area contributed by atoms with E-state index in [4.69, 9.17) is 24.8 Å². The number of esters is 2. The molecule has 0 aromatic carbocycles. The average Bonchev–Trinajstić information content (AvgIpc) is 3.23. The van der Waals surface area contributed by atoms with Crippen LogP contribution < -0.4 is 5.73 Å². The fraction of sp³-hybridized carbons (Fsp3) is 0.521. The summed E-state index contributed by atoms with van der Waals surface area (Å²) >= 11 is 0. The van der Waals surface area contributed by atoms with Crippen LogP contribution in [0.3, 0.4) is 0 Å². The SMILES string of the molecule is CC/C=C\CC(O)/C=C/C=C/C/C=C\C/C=C\C/C=C\CCC(=O)OC[C@H](COP(=O)(O)OC[C@H](N)C(=O)O)OC(=O)CCC/C=C\C/C=C\C/C=C\C/C=C\CCCCC. The Kier molecular flexibility index (Phi) is 38.4. The molecule has 0 saturated carbocycles. The molecule has 5 N–H and O–H groups in total. The van der Waals surface area contributed by atoms with Crippen LogP contribution in [-0.2, 0) is 37.5 Å². The Hall–Kier alpha value is -4.16. The normalized spacial score (nSPS) is 15.4. The summed E-state index contributed by atoms with van der Waals surface area (Å²) in [6, 6.07) is -1.55. The zero-order valence-corrected chi connectivity index (χ0v) is 37.4. The summed E-state index contributed by atoms with van der Waals surface area (Å²) in [5.74, 6) is -2.60. The van der Waals surface area contributed by atoms with Crippen molar-refractivity contribution in [2.45, 2.75) is 141 Å². The van der Waals surface area contributed by atoms with Crippen LogP contribution in [-0.4, -0.2) is 71.1 Å². The van der Waals surface area contributed by atoms with E-state index in [1.165, 1.54) is 19.3 Å². The number of allylic oxidation sites excluding steroid dienone is 18. The van der Waals surface area contributed by atoms with Crippen LogP contribution in [0.2, 0.25) is 0 Å². The smallest absolute Gasteiger partial charge is 0.472 e. The van der Waals surface area contributed by atoms with Crippen LogP contribution in [0.1, 0.15) is 123 Å². The first-order valence-corrected chi connectivity index (χ1v) is 23.2. The van der Waals surface area contributed by atoms with Gasteiger partial charge in [0.25, 0.3) is 0 Å². The highest BCUT2D eigenvalue weighted by Gasteiger charge is 2.28. The molecule has 0 heterocycles. The first kappa shape index (κ1) is 56.8. The third kappa shape index (κ3) is 41.0. The van der Waals surface area contributed by atoms with Crippen molar-refractivity contribution in [3.8, 4) is 0 Å². The molecule has 0 fully saturated rings. The zero-order chi connectivity index (χ0) is 45.1. The number of aliphatic hydroxyl groups excluding tert-OH is 1. The molecule has 0 rings (SSSR count). The minimum atomic E-state index is -4.77. The summed E-state index contributed by atoms with van der Waals surface area (Å²) in [6.45, 7) is 2.40. The first-order valence-electron chi connectivity index (χ1n) is 21.7. The second-order valence-electron chi connectivity index (χ2n) is 13.9. The van der Waals surface area contributed by atoms with Gasteiger partial charge in [-0.15, -0.1) is 0 Å². The number of unbranched alkanes of at least 4 members (excludes halogenated alkanes) is 4. The van der Waals surface area contributed by atoms with Gasteiger partial charge in [-0.2, -0.15) is 0 Å². The van der Waals surface area contributed by atoms with E-state index in [2.05, 4.69) is 67.0 Å². The number of carbonyl (C=O) groups excluding carboxylic acids is 2. The van der Waals surface area contributed by atoms with Crippen LogP contribution in [0.15, 0.2) is 122 Å². The van der Waals surface area contributed by atoms with E-state index >= 15 is 0 Å². The lowest BCUT2D eigenvalue weighted by Gasteiger charge is -2.20. The second-order valence-corrected chi connectivity index (χ2v) is 15.4. The molecule has 0 aromatic rings. The maximum atomic E-state index is 12.6. The summed E-state index contributed by atoms with van der Waals surface area (Å²) < 4.78 is 32.5. The quantitative estimate of drug-likeness (QED) is 0.0151. The van der Waals surface area contributed by atoms with E-state index in [-0.39, 0.29) is 12.8 Å². The van der Waals surface area contributed by atoms with Crippen molar-refractivity contribution in [2.75, 3.05) is 19.8 Å². The van der Waals surface area contributed by atoms with Crippen LogP contribution in [0, 0.1) is 0 Å². The standard InChI is InChI=1S/C48H74NO11P/c1-3-5-7-8-9-10-11-12-13-14-15-18-22-25-28-31-35-39-47(52)60-44(41-58-61(55,56)59-42-45(49)48(53)54)40-57-46(51)38-34-30-27-24-21-19-16-17-20-23-26-29-33-37-43(50)36-32-6-4-2/h6,9-10,12-13,15,17-21,25-30,32-33,37,43-45,50H,3-5,7-8,11,14,16,22-24,31,34-36,38-42,49H2,1-2H3,(H,53,54)(H,55,56)/b10-9-,13-12-,18-15-,20-17-,21-19-,28-25-,29-26+,30-27-,32-6-,37-33+/t43?,44-,45+/m1/s1. The van der Waals surface area contributed by atoms with Crippen LogP contribution in [0.5, 0.6) is 0 Å². The molecule has 0 spiro atoms. The lowest BCUT2D eigenvalue weighted by molar-refractivity contribution is -0.161. The number of carbonyl (C=O) groups is 3. The van der Waals surface area contributed by atoms with E-state index in [1.807, 2.05) is 66.8 Å². The Morgan fingerprint density at radius 3 is 1.69 bits per heavy atom. The number of aliphatic hydroxyl groups is 1. The molecular formula is C48H74NO11P. The number of aliphatic carboxylic acids is 1. The van der Waals surface area contributed by atoms with Gasteiger partial charge >= 0.3 is 25.7 Å². The molecular weight excluding hydrogens is 797 g/mol. The number of hydrogen-bond acceptors (Lipinski definition) is 10. The Balaban J connectivity index is 4.64. The topological polar surface area (TPSA) is 192 Å². The number of nitrogens with two attached hydrogens (primary N) is 1. The molecule has 0 amide bonds. The van der Waals surface area contributed by atoms with E-state index in [0.29, 0.717) is 32.1 Å². The van der Waals surface area contributed by atoms with Gasteiger partial charge in [0.15, 0.2) is 6.10 Å². The monoisotopic (exact) mass is 871 g/mol. The minimum absolute atomic E-state index is 0.0537. The van der Waals surface area contributed by atoms with Gasteiger partial charge in [-0.3, -0.25) is 23.4 Å². The molecule has 0 aliphatic rings. The van der Waals surface area contributed by atoms with Crippen molar-refractivity contribution in [3.05, 3.63) is 122 Å². The van der Waals surface area contributed by atoms with Crippen molar-refractivity contribution in [1.82, 2.24) is 0 Å². The maximum absolute atomic E-state index is 12.6. The highest BCUT2D eigenvalue weighted by Crippen LogP contribution is 2.43. The maximum Gasteiger partial charge on any atom is 0.472 e. The molecule has 61 heavy (non-hydrogen) atoms. The Morgan fingerprint density at radius 1 is 0.607 bits per heavy atom. The van der Waals surface area contributed by atoms with Gasteiger partial charge in [0.2, 0.25) is 0 Å². The van der Waals surface area contributed by atoms with Crippen LogP contribution in [0.25, 0.3) is 0 Å². The molecule has 0 aliphatic carbocycles. The van der Waals surface area contributed by atoms with Crippen LogP contribution >= 0.6 is 7.82 Å². The predicted octanol–water partition coefficient (Wildman–Crippen LogP) is 10.6. The summed E-state index contributed by atoms with van der Waals surface area (Å²) in [5.41, 5.74) is 5.32. The van der Waals surface area contributed by atoms with Gasteiger partial charge in [-0.05, 0) is 83.5 Å². The molecule has 342 valence electrons. The van der Waals surface area contributed by atoms with Gasteiger partial charge in [-0.25, -0.2) is 4.57 Å². The lowest BCUT2D eigenvalue weighted by atomic mass is 10.2. The summed E-state index contributed by atoms with van der Waals surface area (Å²) in [7, 11) is -4.77. The summed E-state index contributed by atoms with van der Waals surface area (Å²) in [6.07, 6.45) is 51.9. The van der Waals surface area contributed by atoms with E-state index in [9.17, 15) is 28.9 Å². The third-order valence-corrected chi connectivity index (χ3v) is 9.24. The van der Waals surface area contributed by atoms with Gasteiger partial charge < -0.3 is 30.3 Å². The highest BCUT2D eigenvalue weighted by molar-refractivity contribution is 7.47.